The number of nitrogen functional groups attached to an aromatic ring is 1. The maximum Gasteiger partial charge on any atom is 0.241 e. The third kappa shape index (κ3) is 5.72. The number of carbonyl (C=O) groups is 2. The van der Waals surface area contributed by atoms with E-state index in [1.54, 1.807) is 38.4 Å². The van der Waals surface area contributed by atoms with Crippen molar-refractivity contribution in [1.29, 1.82) is 0 Å². The van der Waals surface area contributed by atoms with Crippen LogP contribution in [0.25, 0.3) is 0 Å². The van der Waals surface area contributed by atoms with Crippen LogP contribution in [0.2, 0.25) is 0 Å². The van der Waals surface area contributed by atoms with Crippen molar-refractivity contribution in [2.24, 2.45) is 0 Å². The molecule has 2 N–H and O–H groups in total. The van der Waals surface area contributed by atoms with Gasteiger partial charge in [-0.1, -0.05) is 0 Å². The van der Waals surface area contributed by atoms with E-state index in [0.717, 1.165) is 0 Å². The molecule has 0 spiro atoms. The molecule has 0 saturated carbocycles. The molecule has 6 heteroatoms. The topological polar surface area (TPSA) is 75.9 Å². The number of hydrogen-bond acceptors (Lipinski definition) is 4. The van der Waals surface area contributed by atoms with Gasteiger partial charge in [-0.2, -0.15) is 0 Å². The highest BCUT2D eigenvalue weighted by molar-refractivity contribution is 5.84. The molecular weight excluding hydrogens is 270 g/mol. The first-order valence-electron chi connectivity index (χ1n) is 6.90. The van der Waals surface area contributed by atoms with Gasteiger partial charge in [0.05, 0.1) is 19.6 Å². The number of amides is 2. The molecule has 21 heavy (non-hydrogen) atoms. The van der Waals surface area contributed by atoms with Gasteiger partial charge in [-0.05, 0) is 31.2 Å². The monoisotopic (exact) mass is 293 g/mol. The van der Waals surface area contributed by atoms with Crippen LogP contribution in [0.5, 0.6) is 5.75 Å². The van der Waals surface area contributed by atoms with E-state index in [1.807, 2.05) is 6.92 Å². The second-order valence-electron chi connectivity index (χ2n) is 4.86. The average Bonchev–Trinajstić information content (AvgIpc) is 2.46. The van der Waals surface area contributed by atoms with E-state index in [0.29, 0.717) is 18.0 Å². The Labute approximate surface area is 125 Å². The van der Waals surface area contributed by atoms with E-state index in [4.69, 9.17) is 10.5 Å². The van der Waals surface area contributed by atoms with Crippen molar-refractivity contribution in [2.75, 3.05) is 39.5 Å². The summed E-state index contributed by atoms with van der Waals surface area (Å²) in [7, 11) is 3.34. The molecule has 2 amide bonds. The Morgan fingerprint density at radius 3 is 2.29 bits per heavy atom. The van der Waals surface area contributed by atoms with Gasteiger partial charge in [0.1, 0.15) is 5.75 Å². The van der Waals surface area contributed by atoms with Gasteiger partial charge in [0, 0.05) is 26.3 Å². The summed E-state index contributed by atoms with van der Waals surface area (Å²) in [6.45, 7) is 2.72. The summed E-state index contributed by atoms with van der Waals surface area (Å²) < 4.78 is 5.48. The van der Waals surface area contributed by atoms with Crippen molar-refractivity contribution in [1.82, 2.24) is 9.80 Å². The van der Waals surface area contributed by atoms with Crippen LogP contribution in [0.1, 0.15) is 13.3 Å². The van der Waals surface area contributed by atoms with E-state index >= 15 is 0 Å². The summed E-state index contributed by atoms with van der Waals surface area (Å²) in [5, 5.41) is 0. The molecule has 0 fully saturated rings. The highest BCUT2D eigenvalue weighted by Crippen LogP contribution is 2.13. The number of carbonyl (C=O) groups excluding carboxylic acids is 2. The van der Waals surface area contributed by atoms with E-state index < -0.39 is 0 Å². The van der Waals surface area contributed by atoms with Crippen LogP contribution in [-0.2, 0) is 9.59 Å². The molecule has 0 aliphatic rings. The molecule has 1 aromatic rings. The molecule has 116 valence electrons. The summed E-state index contributed by atoms with van der Waals surface area (Å²) in [6, 6.07) is 7.00. The largest absolute Gasteiger partial charge is 0.493 e. The van der Waals surface area contributed by atoms with Gasteiger partial charge < -0.3 is 20.3 Å². The smallest absolute Gasteiger partial charge is 0.241 e. The maximum atomic E-state index is 12.0. The molecule has 0 bridgehead atoms. The molecule has 0 saturated heterocycles. The molecule has 0 aliphatic heterocycles. The minimum atomic E-state index is -0.0943. The summed E-state index contributed by atoms with van der Waals surface area (Å²) in [4.78, 5) is 26.7. The Hall–Kier alpha value is -2.24. The van der Waals surface area contributed by atoms with Crippen LogP contribution in [0.4, 0.5) is 5.69 Å². The lowest BCUT2D eigenvalue weighted by Gasteiger charge is -2.22. The Balaban J connectivity index is 2.40. The fourth-order valence-electron chi connectivity index (χ4n) is 1.66. The number of rotatable bonds is 7. The van der Waals surface area contributed by atoms with Crippen molar-refractivity contribution in [3.8, 4) is 5.75 Å². The van der Waals surface area contributed by atoms with Gasteiger partial charge in [-0.25, -0.2) is 0 Å². The molecule has 0 unspecified atom stereocenters. The van der Waals surface area contributed by atoms with E-state index in [9.17, 15) is 9.59 Å². The minimum absolute atomic E-state index is 0.0929. The van der Waals surface area contributed by atoms with Crippen LogP contribution < -0.4 is 10.5 Å². The van der Waals surface area contributed by atoms with Gasteiger partial charge in [0.25, 0.3) is 0 Å². The number of likely N-dealkylation sites (N-methyl/N-ethyl adjacent to an activating group) is 2. The van der Waals surface area contributed by atoms with Crippen LogP contribution in [0.15, 0.2) is 24.3 Å². The fourth-order valence-corrected chi connectivity index (χ4v) is 1.66. The van der Waals surface area contributed by atoms with Crippen LogP contribution in [0, 0.1) is 0 Å². The molecule has 0 atom stereocenters. The Morgan fingerprint density at radius 2 is 1.76 bits per heavy atom. The Kier molecular flexibility index (Phi) is 6.52. The van der Waals surface area contributed by atoms with Crippen LogP contribution in [-0.4, -0.2) is 55.4 Å². The quantitative estimate of drug-likeness (QED) is 0.760. The van der Waals surface area contributed by atoms with Crippen LogP contribution in [0.3, 0.4) is 0 Å². The molecule has 0 radical (unpaired) electrons. The van der Waals surface area contributed by atoms with Gasteiger partial charge >= 0.3 is 0 Å². The van der Waals surface area contributed by atoms with Gasteiger partial charge in [-0.15, -0.1) is 0 Å². The third-order valence-electron chi connectivity index (χ3n) is 3.02. The number of ether oxygens (including phenoxy) is 1. The third-order valence-corrected chi connectivity index (χ3v) is 3.02. The Bertz CT molecular complexity index is 472. The lowest BCUT2D eigenvalue weighted by Crippen LogP contribution is -2.40. The molecule has 6 nitrogen and oxygen atoms in total. The van der Waals surface area contributed by atoms with Gasteiger partial charge in [-0.3, -0.25) is 9.59 Å². The Morgan fingerprint density at radius 1 is 1.14 bits per heavy atom. The first-order chi connectivity index (χ1) is 9.93. The summed E-state index contributed by atoms with van der Waals surface area (Å²) >= 11 is 0. The van der Waals surface area contributed by atoms with Crippen molar-refractivity contribution < 1.29 is 14.3 Å². The zero-order chi connectivity index (χ0) is 15.8. The molecule has 1 rings (SSSR count). The summed E-state index contributed by atoms with van der Waals surface area (Å²) in [5.41, 5.74) is 6.24. The highest BCUT2D eigenvalue weighted by Gasteiger charge is 2.16. The van der Waals surface area contributed by atoms with Gasteiger partial charge in [0.15, 0.2) is 0 Å². The van der Waals surface area contributed by atoms with E-state index in [-0.39, 0.29) is 31.4 Å². The zero-order valence-corrected chi connectivity index (χ0v) is 12.8. The lowest BCUT2D eigenvalue weighted by atomic mass is 10.3. The van der Waals surface area contributed by atoms with E-state index in [1.165, 1.54) is 9.80 Å². The number of nitrogens with zero attached hydrogens (tertiary/aromatic N) is 2. The normalized spacial score (nSPS) is 10.0. The first kappa shape index (κ1) is 16.8. The number of hydrogen-bond donors (Lipinski definition) is 1. The summed E-state index contributed by atoms with van der Waals surface area (Å²) in [5.74, 6) is 0.484. The second kappa shape index (κ2) is 8.14. The second-order valence-corrected chi connectivity index (χ2v) is 4.86. The van der Waals surface area contributed by atoms with E-state index in [2.05, 4.69) is 0 Å². The van der Waals surface area contributed by atoms with Crippen molar-refractivity contribution >= 4 is 17.5 Å². The average molecular weight is 293 g/mol. The van der Waals surface area contributed by atoms with Crippen LogP contribution >= 0.6 is 0 Å². The molecule has 0 heterocycles. The molecular formula is C15H23N3O3. The molecule has 0 aliphatic carbocycles. The predicted octanol–water partition coefficient (Wildman–Crippen LogP) is 0.974. The van der Waals surface area contributed by atoms with Gasteiger partial charge in [0.2, 0.25) is 11.8 Å². The standard InChI is InChI=1S/C15H23N3O3/c1-4-18(11-15(20)17(2)3)14(19)9-10-21-13-7-5-12(16)6-8-13/h5-8H,4,9-11,16H2,1-3H3. The summed E-state index contributed by atoms with van der Waals surface area (Å²) in [6.07, 6.45) is 0.235. The first-order valence-corrected chi connectivity index (χ1v) is 6.90. The number of benzene rings is 1. The lowest BCUT2D eigenvalue weighted by molar-refractivity contribution is -0.139. The minimum Gasteiger partial charge on any atom is -0.493 e. The van der Waals surface area contributed by atoms with Crippen molar-refractivity contribution in [2.45, 2.75) is 13.3 Å². The fraction of sp³-hybridized carbons (Fsp3) is 0.467. The predicted molar refractivity (Wildman–Crippen MR) is 81.9 cm³/mol. The molecule has 0 aromatic heterocycles. The van der Waals surface area contributed by atoms with Crippen molar-refractivity contribution in [3.63, 3.8) is 0 Å². The number of anilines is 1. The highest BCUT2D eigenvalue weighted by atomic mass is 16.5. The SMILES string of the molecule is CCN(CC(=O)N(C)C)C(=O)CCOc1ccc(N)cc1. The van der Waals surface area contributed by atoms with Crippen molar-refractivity contribution in [3.05, 3.63) is 24.3 Å². The zero-order valence-electron chi connectivity index (χ0n) is 12.8. The number of nitrogens with two attached hydrogens (primary N) is 1. The maximum absolute atomic E-state index is 12.0. The molecule has 1 aromatic carbocycles.